The number of rotatable bonds is 14. The van der Waals surface area contributed by atoms with Gasteiger partial charge in [-0.15, -0.1) is 18.9 Å². The highest BCUT2D eigenvalue weighted by molar-refractivity contribution is 7.95. The van der Waals surface area contributed by atoms with Crippen LogP contribution in [0.5, 0.6) is 11.5 Å². The van der Waals surface area contributed by atoms with E-state index in [1.54, 1.807) is 67.6 Å². The summed E-state index contributed by atoms with van der Waals surface area (Å²) in [6.07, 6.45) is 0. The summed E-state index contributed by atoms with van der Waals surface area (Å²) < 4.78 is 47.3. The molecule has 0 aromatic heterocycles. The third-order valence-electron chi connectivity index (χ3n) is 6.77. The molecular weight excluding hydrogens is 731 g/mol. The van der Waals surface area contributed by atoms with Crippen molar-refractivity contribution in [1.29, 1.82) is 0 Å². The molecule has 0 bridgehead atoms. The van der Waals surface area contributed by atoms with Gasteiger partial charge in [-0.1, -0.05) is 10.1 Å². The van der Waals surface area contributed by atoms with Gasteiger partial charge in [-0.25, -0.2) is 10.5 Å². The number of azo groups is 3. The molecule has 18 nitrogen and oxygen atoms in total. The SMILES string of the molecule is COc1cc(N=Nc2ccc(SOOO)cc2)ccc1N=Nc1ccc(N=Nc2c(SOOO)cc3cc(S(=O)(=O)O)c(N)cc3c2O)cc1C. The molecular formula is C30H25N7O11S3. The lowest BCUT2D eigenvalue weighted by molar-refractivity contribution is -0.432. The third-order valence-corrected chi connectivity index (χ3v) is 8.89. The van der Waals surface area contributed by atoms with Crippen molar-refractivity contribution in [2.24, 2.45) is 30.7 Å². The summed E-state index contributed by atoms with van der Waals surface area (Å²) in [6.45, 7) is 1.78. The van der Waals surface area contributed by atoms with Crippen LogP contribution in [0.2, 0.25) is 0 Å². The van der Waals surface area contributed by atoms with Crippen LogP contribution >= 0.6 is 24.1 Å². The lowest BCUT2D eigenvalue weighted by atomic mass is 10.1. The first-order chi connectivity index (χ1) is 24.5. The van der Waals surface area contributed by atoms with Crippen molar-refractivity contribution < 1.29 is 52.1 Å². The summed E-state index contributed by atoms with van der Waals surface area (Å²) in [5.41, 5.74) is 8.47. The molecule has 0 saturated carbocycles. The van der Waals surface area contributed by atoms with Crippen molar-refractivity contribution in [3.8, 4) is 11.5 Å². The Morgan fingerprint density at radius 3 is 2.00 bits per heavy atom. The van der Waals surface area contributed by atoms with Crippen molar-refractivity contribution in [3.05, 3.63) is 84.4 Å². The number of fused-ring (bicyclic) bond motifs is 1. The number of hydrogen-bond acceptors (Lipinski definition) is 19. The molecule has 0 aliphatic heterocycles. The van der Waals surface area contributed by atoms with Crippen LogP contribution in [-0.2, 0) is 28.9 Å². The molecule has 0 spiro atoms. The van der Waals surface area contributed by atoms with E-state index in [2.05, 4.69) is 49.4 Å². The predicted molar refractivity (Wildman–Crippen MR) is 184 cm³/mol. The molecule has 0 aliphatic rings. The van der Waals surface area contributed by atoms with Gasteiger partial charge < -0.3 is 15.6 Å². The molecule has 0 aliphatic carbocycles. The average molecular weight is 756 g/mol. The Kier molecular flexibility index (Phi) is 12.2. The van der Waals surface area contributed by atoms with E-state index in [9.17, 15) is 18.1 Å². The minimum Gasteiger partial charge on any atom is -0.505 e. The van der Waals surface area contributed by atoms with E-state index in [0.29, 0.717) is 56.7 Å². The lowest BCUT2D eigenvalue weighted by Crippen LogP contribution is -2.03. The fourth-order valence-electron chi connectivity index (χ4n) is 4.41. The van der Waals surface area contributed by atoms with Crippen molar-refractivity contribution in [1.82, 2.24) is 0 Å². The first kappa shape index (κ1) is 37.2. The summed E-state index contributed by atoms with van der Waals surface area (Å²) in [5, 5.41) is 60.9. The number of phenols is 1. The van der Waals surface area contributed by atoms with Crippen molar-refractivity contribution in [2.75, 3.05) is 12.8 Å². The quantitative estimate of drug-likeness (QED) is 0.0176. The van der Waals surface area contributed by atoms with E-state index in [4.69, 9.17) is 21.0 Å². The second kappa shape index (κ2) is 16.8. The van der Waals surface area contributed by atoms with E-state index in [1.165, 1.54) is 13.2 Å². The van der Waals surface area contributed by atoms with E-state index >= 15 is 0 Å². The zero-order valence-corrected chi connectivity index (χ0v) is 28.6. The molecule has 0 fully saturated rings. The standard InChI is InChI=1S/C30H25N7O11S3/c1-16-11-19(34-37-29-27(50-48-46-40)12-17-13-28(51(41,42)43)23(31)15-22(17)30(29)38)5-9-24(16)35-36-25-10-6-20(14-26(25)44-2)33-32-18-3-7-21(8-4-18)49-47-45-39/h3-15,38-40H,31H2,1-2H3,(H,41,42,43). The van der Waals surface area contributed by atoms with Gasteiger partial charge in [-0.2, -0.15) is 28.9 Å². The van der Waals surface area contributed by atoms with Crippen LogP contribution in [0.4, 0.5) is 39.8 Å². The number of hydrogen-bond donors (Lipinski definition) is 5. The lowest BCUT2D eigenvalue weighted by Gasteiger charge is -2.11. The molecule has 21 heteroatoms. The highest BCUT2D eigenvalue weighted by atomic mass is 32.2. The van der Waals surface area contributed by atoms with Crippen LogP contribution in [0.25, 0.3) is 10.8 Å². The van der Waals surface area contributed by atoms with Crippen LogP contribution < -0.4 is 10.5 Å². The van der Waals surface area contributed by atoms with Gasteiger partial charge in [0.05, 0.1) is 64.5 Å². The number of methoxy groups -OCH3 is 1. The maximum absolute atomic E-state index is 11.7. The maximum atomic E-state index is 11.7. The van der Waals surface area contributed by atoms with E-state index < -0.39 is 20.8 Å². The number of ether oxygens (including phenoxy) is 1. The van der Waals surface area contributed by atoms with Crippen LogP contribution in [-0.4, -0.2) is 35.7 Å². The summed E-state index contributed by atoms with van der Waals surface area (Å²) in [7, 11) is -3.17. The molecule has 0 heterocycles. The average Bonchev–Trinajstić information content (AvgIpc) is 3.11. The summed E-state index contributed by atoms with van der Waals surface area (Å²) in [5.74, 6) is -0.0337. The van der Waals surface area contributed by atoms with Crippen LogP contribution in [0.3, 0.4) is 0 Å². The van der Waals surface area contributed by atoms with Crippen LogP contribution in [0, 0.1) is 6.92 Å². The van der Waals surface area contributed by atoms with Crippen LogP contribution in [0.1, 0.15) is 5.56 Å². The highest BCUT2D eigenvalue weighted by Gasteiger charge is 2.20. The number of phenolic OH excluding ortho intramolecular Hbond substituents is 1. The maximum Gasteiger partial charge on any atom is 0.296 e. The monoisotopic (exact) mass is 755 g/mol. The second-order valence-corrected chi connectivity index (χ2v) is 12.9. The van der Waals surface area contributed by atoms with Gasteiger partial charge in [0.25, 0.3) is 10.1 Å². The van der Waals surface area contributed by atoms with E-state index in [1.807, 2.05) is 0 Å². The normalized spacial score (nSPS) is 12.2. The molecule has 6 N–H and O–H groups in total. The van der Waals surface area contributed by atoms with Crippen molar-refractivity contribution in [3.63, 3.8) is 0 Å². The Labute approximate surface area is 297 Å². The van der Waals surface area contributed by atoms with Gasteiger partial charge in [0.1, 0.15) is 22.0 Å². The highest BCUT2D eigenvalue weighted by Crippen LogP contribution is 2.45. The molecule has 0 saturated heterocycles. The number of aromatic hydroxyl groups is 1. The Morgan fingerprint density at radius 2 is 1.33 bits per heavy atom. The molecule has 0 unspecified atom stereocenters. The summed E-state index contributed by atoms with van der Waals surface area (Å²) >= 11 is 1.28. The van der Waals surface area contributed by atoms with Crippen molar-refractivity contribution in [2.45, 2.75) is 21.6 Å². The minimum atomic E-state index is -4.66. The Hall–Kier alpha value is -5.07. The Balaban J connectivity index is 1.35. The number of aryl methyl sites for hydroxylation is 1. The largest absolute Gasteiger partial charge is 0.505 e. The van der Waals surface area contributed by atoms with Gasteiger partial charge in [0.15, 0.2) is 5.75 Å². The van der Waals surface area contributed by atoms with Crippen LogP contribution in [0.15, 0.2) is 124 Å². The molecule has 5 aromatic rings. The summed E-state index contributed by atoms with van der Waals surface area (Å²) in [4.78, 5) is 0.187. The summed E-state index contributed by atoms with van der Waals surface area (Å²) in [6, 6.07) is 20.4. The fourth-order valence-corrected chi connectivity index (χ4v) is 5.89. The first-order valence-corrected chi connectivity index (χ1v) is 16.9. The van der Waals surface area contributed by atoms with Gasteiger partial charge in [0.2, 0.25) is 0 Å². The zero-order valence-electron chi connectivity index (χ0n) is 26.1. The fraction of sp³-hybridized carbons (Fsp3) is 0.0667. The Bertz CT molecular complexity index is 2260. The topological polar surface area (TPSA) is 261 Å². The van der Waals surface area contributed by atoms with Gasteiger partial charge >= 0.3 is 0 Å². The number of nitrogens with two attached hydrogens (primary N) is 1. The molecule has 0 radical (unpaired) electrons. The smallest absolute Gasteiger partial charge is 0.296 e. The number of nitrogen functional groups attached to an aromatic ring is 1. The number of anilines is 1. The molecule has 0 amide bonds. The van der Waals surface area contributed by atoms with E-state index in [-0.39, 0.29) is 27.0 Å². The Morgan fingerprint density at radius 1 is 0.725 bits per heavy atom. The minimum absolute atomic E-state index is 0.0713. The van der Waals surface area contributed by atoms with Gasteiger partial charge in [-0.3, -0.25) is 4.55 Å². The number of benzene rings is 5. The van der Waals surface area contributed by atoms with Crippen molar-refractivity contribution >= 4 is 84.8 Å². The molecule has 0 atom stereocenters. The predicted octanol–water partition coefficient (Wildman–Crippen LogP) is 9.79. The molecule has 5 aromatic carbocycles. The van der Waals surface area contributed by atoms with Gasteiger partial charge in [0, 0.05) is 16.3 Å². The zero-order chi connectivity index (χ0) is 36.5. The first-order valence-electron chi connectivity index (χ1n) is 14.0. The second-order valence-electron chi connectivity index (χ2n) is 10.0. The van der Waals surface area contributed by atoms with Gasteiger partial charge in [-0.05, 0) is 90.7 Å². The third kappa shape index (κ3) is 9.39. The molecule has 51 heavy (non-hydrogen) atoms. The molecule has 264 valence electrons. The molecule has 5 rings (SSSR count). The van der Waals surface area contributed by atoms with E-state index in [0.717, 1.165) is 24.2 Å². The number of nitrogens with zero attached hydrogens (tertiary/aromatic N) is 6.